The van der Waals surface area contributed by atoms with Gasteiger partial charge in [0.1, 0.15) is 6.04 Å². The third-order valence-electron chi connectivity index (χ3n) is 3.88. The first kappa shape index (κ1) is 13.4. The fourth-order valence-corrected chi connectivity index (χ4v) is 2.53. The molecule has 0 spiro atoms. The van der Waals surface area contributed by atoms with Crippen molar-refractivity contribution in [2.75, 3.05) is 25.0 Å². The van der Waals surface area contributed by atoms with Crippen LogP contribution in [0.25, 0.3) is 0 Å². The number of nitriles is 1. The monoisotopic (exact) mass is 257 g/mol. The van der Waals surface area contributed by atoms with Crippen molar-refractivity contribution in [1.29, 1.82) is 5.26 Å². The Balaban J connectivity index is 2.39. The van der Waals surface area contributed by atoms with E-state index in [9.17, 15) is 4.79 Å². The highest BCUT2D eigenvalue weighted by molar-refractivity contribution is 5.87. The minimum atomic E-state index is -0.357. The summed E-state index contributed by atoms with van der Waals surface area (Å²) in [5.41, 5.74) is 3.46. The number of aryl methyl sites for hydroxylation is 1. The zero-order chi connectivity index (χ0) is 14.0. The number of carbonyl (C=O) groups excluding carboxylic acids is 1. The summed E-state index contributed by atoms with van der Waals surface area (Å²) in [5.74, 6) is 0.0358. The topological polar surface area (TPSA) is 47.3 Å². The van der Waals surface area contributed by atoms with Gasteiger partial charge in [-0.1, -0.05) is 12.1 Å². The van der Waals surface area contributed by atoms with E-state index >= 15 is 0 Å². The number of likely N-dealkylation sites (N-methyl/N-ethyl adjacent to an activating group) is 1. The van der Waals surface area contributed by atoms with Crippen molar-refractivity contribution >= 4 is 11.6 Å². The highest BCUT2D eigenvalue weighted by Crippen LogP contribution is 2.27. The maximum Gasteiger partial charge on any atom is 0.246 e. The molecule has 0 bridgehead atoms. The van der Waals surface area contributed by atoms with Crippen molar-refractivity contribution in [1.82, 2.24) is 4.90 Å². The Morgan fingerprint density at radius 1 is 1.37 bits per heavy atom. The summed E-state index contributed by atoms with van der Waals surface area (Å²) in [5, 5.41) is 8.96. The van der Waals surface area contributed by atoms with Crippen LogP contribution in [0.3, 0.4) is 0 Å². The van der Waals surface area contributed by atoms with E-state index in [1.807, 2.05) is 12.1 Å². The summed E-state index contributed by atoms with van der Waals surface area (Å²) in [6, 6.07) is 7.88. The number of amides is 1. The van der Waals surface area contributed by atoms with Crippen LogP contribution in [0.1, 0.15) is 17.5 Å². The van der Waals surface area contributed by atoms with Gasteiger partial charge in [0.15, 0.2) is 0 Å². The number of nitrogens with zero attached hydrogens (tertiary/aromatic N) is 3. The van der Waals surface area contributed by atoms with Crippen molar-refractivity contribution in [3.63, 3.8) is 0 Å². The highest BCUT2D eigenvalue weighted by atomic mass is 16.2. The van der Waals surface area contributed by atoms with E-state index in [0.29, 0.717) is 6.54 Å². The lowest BCUT2D eigenvalue weighted by Gasteiger charge is -2.40. The molecule has 1 aromatic rings. The first-order valence-electron chi connectivity index (χ1n) is 6.51. The van der Waals surface area contributed by atoms with Crippen LogP contribution in [0, 0.1) is 25.2 Å². The summed E-state index contributed by atoms with van der Waals surface area (Å²) in [7, 11) is 1.80. The molecule has 4 nitrogen and oxygen atoms in total. The third kappa shape index (κ3) is 2.41. The molecule has 19 heavy (non-hydrogen) atoms. The van der Waals surface area contributed by atoms with Gasteiger partial charge in [-0.3, -0.25) is 4.79 Å². The van der Waals surface area contributed by atoms with E-state index in [1.54, 1.807) is 11.9 Å². The van der Waals surface area contributed by atoms with E-state index < -0.39 is 0 Å². The maximum atomic E-state index is 12.2. The first-order valence-corrected chi connectivity index (χ1v) is 6.51. The molecule has 1 amide bonds. The summed E-state index contributed by atoms with van der Waals surface area (Å²) in [4.78, 5) is 16.0. The van der Waals surface area contributed by atoms with Gasteiger partial charge in [-0.2, -0.15) is 5.26 Å². The SMILES string of the molecule is Cc1cccc(N2CCN(C)C(=O)C2CC#N)c1C. The van der Waals surface area contributed by atoms with E-state index in [0.717, 1.165) is 12.2 Å². The van der Waals surface area contributed by atoms with Crippen LogP contribution in [0.15, 0.2) is 18.2 Å². The number of piperazine rings is 1. The zero-order valence-corrected chi connectivity index (χ0v) is 11.7. The average molecular weight is 257 g/mol. The summed E-state index contributed by atoms with van der Waals surface area (Å²) in [6.07, 6.45) is 0.233. The molecule has 2 rings (SSSR count). The Hall–Kier alpha value is -2.02. The molecule has 1 aliphatic rings. The van der Waals surface area contributed by atoms with Crippen LogP contribution in [-0.2, 0) is 4.79 Å². The lowest BCUT2D eigenvalue weighted by atomic mass is 10.0. The Morgan fingerprint density at radius 3 is 2.79 bits per heavy atom. The van der Waals surface area contributed by atoms with Crippen molar-refractivity contribution in [2.45, 2.75) is 26.3 Å². The average Bonchev–Trinajstić information content (AvgIpc) is 2.39. The highest BCUT2D eigenvalue weighted by Gasteiger charge is 2.33. The molecule has 1 aliphatic heterocycles. The smallest absolute Gasteiger partial charge is 0.246 e. The Morgan fingerprint density at radius 2 is 2.11 bits per heavy atom. The van der Waals surface area contributed by atoms with Crippen molar-refractivity contribution in [2.24, 2.45) is 0 Å². The minimum absolute atomic E-state index is 0.0358. The number of hydrogen-bond donors (Lipinski definition) is 0. The number of rotatable bonds is 2. The number of carbonyl (C=O) groups is 1. The molecular weight excluding hydrogens is 238 g/mol. The third-order valence-corrected chi connectivity index (χ3v) is 3.88. The summed E-state index contributed by atoms with van der Waals surface area (Å²) >= 11 is 0. The first-order chi connectivity index (χ1) is 9.06. The predicted octanol–water partition coefficient (Wildman–Crippen LogP) is 1.86. The summed E-state index contributed by atoms with van der Waals surface area (Å²) < 4.78 is 0. The van der Waals surface area contributed by atoms with Crippen LogP contribution in [0.2, 0.25) is 0 Å². The van der Waals surface area contributed by atoms with Gasteiger partial charge in [0.2, 0.25) is 5.91 Å². The standard InChI is InChI=1S/C15H19N3O/c1-11-5-4-6-13(12(11)2)18-10-9-17(3)15(19)14(18)7-8-16/h4-6,14H,7,9-10H2,1-3H3. The molecule has 100 valence electrons. The van der Waals surface area contributed by atoms with Crippen LogP contribution < -0.4 is 4.90 Å². The van der Waals surface area contributed by atoms with Crippen LogP contribution in [-0.4, -0.2) is 37.0 Å². The van der Waals surface area contributed by atoms with Gasteiger partial charge in [-0.05, 0) is 31.0 Å². The molecule has 0 aliphatic carbocycles. The molecular formula is C15H19N3O. The Labute approximate surface area is 114 Å². The maximum absolute atomic E-state index is 12.2. The van der Waals surface area contributed by atoms with E-state index in [-0.39, 0.29) is 18.4 Å². The fourth-order valence-electron chi connectivity index (χ4n) is 2.53. The quantitative estimate of drug-likeness (QED) is 0.812. The Bertz CT molecular complexity index is 533. The number of anilines is 1. The second-order valence-corrected chi connectivity index (χ2v) is 5.05. The summed E-state index contributed by atoms with van der Waals surface area (Å²) in [6.45, 7) is 5.61. The lowest BCUT2D eigenvalue weighted by Crippen LogP contribution is -2.56. The van der Waals surface area contributed by atoms with Gasteiger partial charge in [0.25, 0.3) is 0 Å². The van der Waals surface area contributed by atoms with Gasteiger partial charge < -0.3 is 9.80 Å². The van der Waals surface area contributed by atoms with Crippen molar-refractivity contribution in [3.8, 4) is 6.07 Å². The van der Waals surface area contributed by atoms with E-state index in [2.05, 4.69) is 30.9 Å². The van der Waals surface area contributed by atoms with Crippen molar-refractivity contribution in [3.05, 3.63) is 29.3 Å². The van der Waals surface area contributed by atoms with Gasteiger partial charge in [0.05, 0.1) is 12.5 Å². The molecule has 4 heteroatoms. The molecule has 0 N–H and O–H groups in total. The van der Waals surface area contributed by atoms with Crippen LogP contribution in [0.5, 0.6) is 0 Å². The van der Waals surface area contributed by atoms with Crippen LogP contribution >= 0.6 is 0 Å². The fraction of sp³-hybridized carbons (Fsp3) is 0.467. The molecule has 1 unspecified atom stereocenters. The lowest BCUT2D eigenvalue weighted by molar-refractivity contribution is -0.132. The normalized spacial score (nSPS) is 19.5. The van der Waals surface area contributed by atoms with E-state index in [1.165, 1.54) is 11.1 Å². The molecule has 0 saturated carbocycles. The Kier molecular flexibility index (Phi) is 3.75. The van der Waals surface area contributed by atoms with Crippen molar-refractivity contribution < 1.29 is 4.79 Å². The van der Waals surface area contributed by atoms with E-state index in [4.69, 9.17) is 5.26 Å². The van der Waals surface area contributed by atoms with Gasteiger partial charge >= 0.3 is 0 Å². The predicted molar refractivity (Wildman–Crippen MR) is 74.9 cm³/mol. The molecule has 1 aromatic carbocycles. The molecule has 1 saturated heterocycles. The second kappa shape index (κ2) is 5.31. The molecule has 1 atom stereocenters. The molecule has 1 fully saturated rings. The van der Waals surface area contributed by atoms with Gasteiger partial charge in [-0.15, -0.1) is 0 Å². The molecule has 0 aromatic heterocycles. The molecule has 1 heterocycles. The number of benzene rings is 1. The minimum Gasteiger partial charge on any atom is -0.357 e. The second-order valence-electron chi connectivity index (χ2n) is 5.05. The van der Waals surface area contributed by atoms with Crippen LogP contribution in [0.4, 0.5) is 5.69 Å². The molecule has 0 radical (unpaired) electrons. The van der Waals surface area contributed by atoms with Gasteiger partial charge in [-0.25, -0.2) is 0 Å². The largest absolute Gasteiger partial charge is 0.357 e. The zero-order valence-electron chi connectivity index (χ0n) is 11.7. The number of hydrogen-bond acceptors (Lipinski definition) is 3. The van der Waals surface area contributed by atoms with Gasteiger partial charge in [0, 0.05) is 25.8 Å².